The Morgan fingerprint density at radius 3 is 1.75 bits per heavy atom. The molecule has 0 aromatic heterocycles. The van der Waals surface area contributed by atoms with E-state index in [0.717, 1.165) is 0 Å². The highest BCUT2D eigenvalue weighted by molar-refractivity contribution is 4.93. The van der Waals surface area contributed by atoms with E-state index in [1.165, 1.54) is 5.70 Å². The molecule has 0 N–H and O–H groups in total. The minimum Gasteiger partial charge on any atom is -0.381 e. The minimum absolute atomic E-state index is 0.574. The van der Waals surface area contributed by atoms with Crippen molar-refractivity contribution in [2.24, 2.45) is 5.92 Å². The Kier molecular flexibility index (Phi) is 2.59. The lowest BCUT2D eigenvalue weighted by Gasteiger charge is -2.18. The predicted octanol–water partition coefficient (Wildman–Crippen LogP) is 1.72. The maximum atomic E-state index is 3.88. The number of hydrogen-bond acceptors (Lipinski definition) is 1. The Hall–Kier alpha value is -0.460. The second kappa shape index (κ2) is 2.75. The van der Waals surface area contributed by atoms with E-state index < -0.39 is 0 Å². The molecule has 8 heavy (non-hydrogen) atoms. The van der Waals surface area contributed by atoms with Gasteiger partial charge in [-0.25, -0.2) is 0 Å². The molecule has 0 aliphatic carbocycles. The Balaban J connectivity index is 3.65. The Labute approximate surface area is 52.0 Å². The summed E-state index contributed by atoms with van der Waals surface area (Å²) in [6.45, 7) is 8.16. The maximum Gasteiger partial charge on any atom is 0.00804 e. The summed E-state index contributed by atoms with van der Waals surface area (Å²) < 4.78 is 0. The van der Waals surface area contributed by atoms with Crippen molar-refractivity contribution in [3.8, 4) is 0 Å². The van der Waals surface area contributed by atoms with Crippen molar-refractivity contribution >= 4 is 0 Å². The van der Waals surface area contributed by atoms with Crippen molar-refractivity contribution in [3.63, 3.8) is 0 Å². The van der Waals surface area contributed by atoms with Crippen molar-refractivity contribution in [2.45, 2.75) is 13.8 Å². The highest BCUT2D eigenvalue weighted by Crippen LogP contribution is 2.07. The van der Waals surface area contributed by atoms with Gasteiger partial charge >= 0.3 is 0 Å². The van der Waals surface area contributed by atoms with Crippen molar-refractivity contribution in [3.05, 3.63) is 12.3 Å². The Morgan fingerprint density at radius 1 is 1.38 bits per heavy atom. The van der Waals surface area contributed by atoms with E-state index in [1.54, 1.807) is 0 Å². The summed E-state index contributed by atoms with van der Waals surface area (Å²) in [4.78, 5) is 2.05. The van der Waals surface area contributed by atoms with E-state index in [4.69, 9.17) is 0 Å². The Bertz CT molecular complexity index is 72.4. The second-order valence-corrected chi connectivity index (χ2v) is 2.54. The molecule has 0 rings (SSSR count). The topological polar surface area (TPSA) is 3.24 Å². The summed E-state index contributed by atoms with van der Waals surface area (Å²) in [5.41, 5.74) is 1.19. The average Bonchev–Trinajstić information content (AvgIpc) is 1.64. The van der Waals surface area contributed by atoms with Crippen molar-refractivity contribution in [1.82, 2.24) is 4.90 Å². The van der Waals surface area contributed by atoms with Crippen molar-refractivity contribution < 1.29 is 0 Å². The lowest BCUT2D eigenvalue weighted by Crippen LogP contribution is -2.13. The summed E-state index contributed by atoms with van der Waals surface area (Å²) in [6.07, 6.45) is 0. The van der Waals surface area contributed by atoms with Crippen molar-refractivity contribution in [1.29, 1.82) is 0 Å². The highest BCUT2D eigenvalue weighted by Gasteiger charge is 1.99. The van der Waals surface area contributed by atoms with Crippen LogP contribution in [0.4, 0.5) is 0 Å². The molecular formula is C7H15N. The summed E-state index contributed by atoms with van der Waals surface area (Å²) in [5, 5.41) is 0. The summed E-state index contributed by atoms with van der Waals surface area (Å²) in [7, 11) is 4.03. The van der Waals surface area contributed by atoms with E-state index in [1.807, 2.05) is 19.0 Å². The molecule has 48 valence electrons. The van der Waals surface area contributed by atoms with Crippen LogP contribution in [0.2, 0.25) is 0 Å². The molecule has 0 saturated heterocycles. The number of rotatable bonds is 2. The van der Waals surface area contributed by atoms with Gasteiger partial charge in [-0.15, -0.1) is 0 Å². The zero-order valence-corrected chi connectivity index (χ0v) is 6.23. The first-order valence-corrected chi connectivity index (χ1v) is 2.91. The number of nitrogens with zero attached hydrogens (tertiary/aromatic N) is 1. The molecule has 0 aromatic rings. The molecule has 0 spiro atoms. The molecule has 0 radical (unpaired) electrons. The average molecular weight is 113 g/mol. The number of allylic oxidation sites excluding steroid dienone is 1. The second-order valence-electron chi connectivity index (χ2n) is 2.54. The quantitative estimate of drug-likeness (QED) is 0.527. The molecule has 1 heteroatoms. The third kappa shape index (κ3) is 2.01. The molecule has 0 atom stereocenters. The van der Waals surface area contributed by atoms with E-state index in [9.17, 15) is 0 Å². The first-order valence-electron chi connectivity index (χ1n) is 2.91. The molecule has 0 aromatic carbocycles. The molecule has 0 fully saturated rings. The van der Waals surface area contributed by atoms with Gasteiger partial charge in [0.05, 0.1) is 0 Å². The molecule has 1 nitrogen and oxygen atoms in total. The van der Waals surface area contributed by atoms with Crippen LogP contribution in [0.3, 0.4) is 0 Å². The predicted molar refractivity (Wildman–Crippen MR) is 37.7 cm³/mol. The van der Waals surface area contributed by atoms with Gasteiger partial charge in [0.15, 0.2) is 0 Å². The van der Waals surface area contributed by atoms with Gasteiger partial charge in [-0.3, -0.25) is 0 Å². The van der Waals surface area contributed by atoms with E-state index in [-0.39, 0.29) is 0 Å². The van der Waals surface area contributed by atoms with Crippen molar-refractivity contribution in [2.75, 3.05) is 14.1 Å². The van der Waals surface area contributed by atoms with Crippen LogP contribution in [-0.2, 0) is 0 Å². The molecule has 0 aliphatic rings. The van der Waals surface area contributed by atoms with Gasteiger partial charge in [-0.2, -0.15) is 0 Å². The SMILES string of the molecule is C=C(C(C)C)N(C)C. The maximum absolute atomic E-state index is 3.88. The van der Waals surface area contributed by atoms with Gasteiger partial charge in [-0.05, 0) is 5.92 Å². The van der Waals surface area contributed by atoms with E-state index in [0.29, 0.717) is 5.92 Å². The zero-order valence-electron chi connectivity index (χ0n) is 6.23. The first kappa shape index (κ1) is 7.54. The lowest BCUT2D eigenvalue weighted by molar-refractivity contribution is 0.449. The monoisotopic (exact) mass is 113 g/mol. The van der Waals surface area contributed by atoms with E-state index in [2.05, 4.69) is 20.4 Å². The standard InChI is InChI=1S/C7H15N/c1-6(2)7(3)8(4)5/h6H,3H2,1-2,4-5H3. The van der Waals surface area contributed by atoms with Crippen LogP contribution in [0.15, 0.2) is 12.3 Å². The summed E-state index contributed by atoms with van der Waals surface area (Å²) in [5.74, 6) is 0.574. The molecular weight excluding hydrogens is 98.1 g/mol. The lowest BCUT2D eigenvalue weighted by atomic mass is 10.1. The fraction of sp³-hybridized carbons (Fsp3) is 0.714. The van der Waals surface area contributed by atoms with Gasteiger partial charge in [-0.1, -0.05) is 20.4 Å². The molecule has 0 aliphatic heterocycles. The summed E-state index contributed by atoms with van der Waals surface area (Å²) >= 11 is 0. The van der Waals surface area contributed by atoms with Crippen LogP contribution >= 0.6 is 0 Å². The fourth-order valence-corrected chi connectivity index (χ4v) is 0.516. The van der Waals surface area contributed by atoms with Crippen LogP contribution in [0, 0.1) is 5.92 Å². The zero-order chi connectivity index (χ0) is 6.73. The van der Waals surface area contributed by atoms with Crippen LogP contribution < -0.4 is 0 Å². The molecule has 0 heterocycles. The van der Waals surface area contributed by atoms with Gasteiger partial charge in [0.1, 0.15) is 0 Å². The van der Waals surface area contributed by atoms with Crippen LogP contribution in [-0.4, -0.2) is 19.0 Å². The van der Waals surface area contributed by atoms with Crippen LogP contribution in [0.25, 0.3) is 0 Å². The molecule has 0 bridgehead atoms. The highest BCUT2D eigenvalue weighted by atomic mass is 15.1. The molecule has 0 amide bonds. The third-order valence-electron chi connectivity index (χ3n) is 1.24. The number of hydrogen-bond donors (Lipinski definition) is 0. The van der Waals surface area contributed by atoms with Gasteiger partial charge in [0.25, 0.3) is 0 Å². The minimum atomic E-state index is 0.574. The third-order valence-corrected chi connectivity index (χ3v) is 1.24. The normalized spacial score (nSPS) is 9.62. The van der Waals surface area contributed by atoms with Gasteiger partial charge in [0, 0.05) is 19.8 Å². The van der Waals surface area contributed by atoms with Crippen LogP contribution in [0.1, 0.15) is 13.8 Å². The molecule has 0 unspecified atom stereocenters. The smallest absolute Gasteiger partial charge is 0.00804 e. The van der Waals surface area contributed by atoms with Gasteiger partial charge < -0.3 is 4.90 Å². The van der Waals surface area contributed by atoms with Gasteiger partial charge in [0.2, 0.25) is 0 Å². The van der Waals surface area contributed by atoms with Crippen LogP contribution in [0.5, 0.6) is 0 Å². The Morgan fingerprint density at radius 2 is 1.75 bits per heavy atom. The molecule has 0 saturated carbocycles. The van der Waals surface area contributed by atoms with E-state index >= 15 is 0 Å². The fourth-order valence-electron chi connectivity index (χ4n) is 0.516. The largest absolute Gasteiger partial charge is 0.381 e. The summed E-state index contributed by atoms with van der Waals surface area (Å²) in [6, 6.07) is 0. The first-order chi connectivity index (χ1) is 3.55.